The van der Waals surface area contributed by atoms with Crippen LogP contribution in [0.25, 0.3) is 0 Å². The first-order valence-corrected chi connectivity index (χ1v) is 7.91. The van der Waals surface area contributed by atoms with E-state index in [0.29, 0.717) is 24.1 Å². The first-order chi connectivity index (χ1) is 10.2. The summed E-state index contributed by atoms with van der Waals surface area (Å²) >= 11 is 1.49. The van der Waals surface area contributed by atoms with E-state index in [1.54, 1.807) is 19.2 Å². The summed E-state index contributed by atoms with van der Waals surface area (Å²) in [7, 11) is 1.75. The highest BCUT2D eigenvalue weighted by molar-refractivity contribution is 7.15. The van der Waals surface area contributed by atoms with E-state index in [1.165, 1.54) is 17.4 Å². The van der Waals surface area contributed by atoms with Crippen molar-refractivity contribution in [2.45, 2.75) is 37.8 Å². The second-order valence-corrected chi connectivity index (χ2v) is 6.34. The lowest BCUT2D eigenvalue weighted by Gasteiger charge is -2.10. The number of hydrogen-bond acceptors (Lipinski definition) is 5. The Bertz CT molecular complexity index is 604. The van der Waals surface area contributed by atoms with Crippen LogP contribution in [0.3, 0.4) is 0 Å². The second kappa shape index (κ2) is 6.49. The average molecular weight is 307 g/mol. The Kier molecular flexibility index (Phi) is 4.45. The van der Waals surface area contributed by atoms with Gasteiger partial charge in [0.05, 0.1) is 6.10 Å². The van der Waals surface area contributed by atoms with Gasteiger partial charge in [-0.05, 0) is 30.9 Å². The maximum absolute atomic E-state index is 13.6. The van der Waals surface area contributed by atoms with Crippen LogP contribution in [0.1, 0.15) is 29.8 Å². The Morgan fingerprint density at radius 1 is 1.33 bits per heavy atom. The van der Waals surface area contributed by atoms with Gasteiger partial charge in [-0.25, -0.2) is 4.39 Å². The number of aromatic nitrogens is 2. The molecule has 0 radical (unpaired) electrons. The number of methoxy groups -OCH3 is 1. The fraction of sp³-hybridized carbons (Fsp3) is 0.467. The molecule has 1 fully saturated rings. The number of hydrogen-bond donors (Lipinski definition) is 1. The Labute approximate surface area is 127 Å². The van der Waals surface area contributed by atoms with E-state index in [0.717, 1.165) is 29.4 Å². The van der Waals surface area contributed by atoms with E-state index in [4.69, 9.17) is 4.74 Å². The standard InChI is InChI=1S/C15H18FN3OS/c1-20-12-7-6-11(9-12)17-15-19-18-14(21-15)8-10-4-2-3-5-13(10)16/h2-5,11-12H,6-9H2,1H3,(H,17,19). The van der Waals surface area contributed by atoms with Crippen LogP contribution in [-0.2, 0) is 11.2 Å². The van der Waals surface area contributed by atoms with Gasteiger partial charge in [-0.15, -0.1) is 10.2 Å². The fourth-order valence-electron chi connectivity index (χ4n) is 2.65. The molecule has 1 aromatic carbocycles. The average Bonchev–Trinajstić information content (AvgIpc) is 3.11. The Balaban J connectivity index is 1.60. The van der Waals surface area contributed by atoms with Gasteiger partial charge >= 0.3 is 0 Å². The van der Waals surface area contributed by atoms with Crippen molar-refractivity contribution in [3.63, 3.8) is 0 Å². The molecule has 1 N–H and O–H groups in total. The number of anilines is 1. The van der Waals surface area contributed by atoms with Crippen molar-refractivity contribution in [2.75, 3.05) is 12.4 Å². The molecule has 1 aliphatic rings. The largest absolute Gasteiger partial charge is 0.381 e. The van der Waals surface area contributed by atoms with Gasteiger partial charge in [0.25, 0.3) is 0 Å². The summed E-state index contributed by atoms with van der Waals surface area (Å²) in [5.74, 6) is -0.194. The molecule has 0 aliphatic heterocycles. The number of halogens is 1. The van der Waals surface area contributed by atoms with E-state index in [1.807, 2.05) is 6.07 Å². The molecular weight excluding hydrogens is 289 g/mol. The molecule has 2 unspecified atom stereocenters. The van der Waals surface area contributed by atoms with Gasteiger partial charge < -0.3 is 10.1 Å². The maximum Gasteiger partial charge on any atom is 0.205 e. The van der Waals surface area contributed by atoms with Crippen LogP contribution in [0.4, 0.5) is 9.52 Å². The number of benzene rings is 1. The summed E-state index contributed by atoms with van der Waals surface area (Å²) in [6.45, 7) is 0. The van der Waals surface area contributed by atoms with Gasteiger partial charge in [0.2, 0.25) is 5.13 Å². The molecule has 4 nitrogen and oxygen atoms in total. The van der Waals surface area contributed by atoms with Gasteiger partial charge in [0.15, 0.2) is 0 Å². The smallest absolute Gasteiger partial charge is 0.205 e. The second-order valence-electron chi connectivity index (χ2n) is 5.28. The quantitative estimate of drug-likeness (QED) is 0.921. The molecule has 0 spiro atoms. The van der Waals surface area contributed by atoms with Crippen molar-refractivity contribution in [1.82, 2.24) is 10.2 Å². The Morgan fingerprint density at radius 2 is 2.19 bits per heavy atom. The molecule has 0 saturated heterocycles. The summed E-state index contributed by atoms with van der Waals surface area (Å²) in [5.41, 5.74) is 0.653. The van der Waals surface area contributed by atoms with Crippen molar-refractivity contribution in [1.29, 1.82) is 0 Å². The van der Waals surface area contributed by atoms with Crippen LogP contribution in [0, 0.1) is 5.82 Å². The van der Waals surface area contributed by atoms with Crippen LogP contribution >= 0.6 is 11.3 Å². The van der Waals surface area contributed by atoms with Gasteiger partial charge in [-0.1, -0.05) is 29.5 Å². The normalized spacial score (nSPS) is 21.6. The number of ether oxygens (including phenoxy) is 1. The SMILES string of the molecule is COC1CCC(Nc2nnc(Cc3ccccc3F)s2)C1. The molecule has 0 bridgehead atoms. The van der Waals surface area contributed by atoms with E-state index >= 15 is 0 Å². The summed E-state index contributed by atoms with van der Waals surface area (Å²) in [5, 5.41) is 13.3. The van der Waals surface area contributed by atoms with Gasteiger partial charge in [-0.3, -0.25) is 0 Å². The zero-order valence-electron chi connectivity index (χ0n) is 11.9. The van der Waals surface area contributed by atoms with Gasteiger partial charge in [0.1, 0.15) is 10.8 Å². The topological polar surface area (TPSA) is 47.0 Å². The third kappa shape index (κ3) is 3.57. The molecule has 6 heteroatoms. The molecule has 1 saturated carbocycles. The maximum atomic E-state index is 13.6. The number of rotatable bonds is 5. The molecular formula is C15H18FN3OS. The van der Waals surface area contributed by atoms with Crippen molar-refractivity contribution in [3.05, 3.63) is 40.7 Å². The van der Waals surface area contributed by atoms with E-state index < -0.39 is 0 Å². The summed E-state index contributed by atoms with van der Waals surface area (Å²) < 4.78 is 19.0. The first-order valence-electron chi connectivity index (χ1n) is 7.09. The lowest BCUT2D eigenvalue weighted by atomic mass is 10.1. The highest BCUT2D eigenvalue weighted by atomic mass is 32.1. The minimum absolute atomic E-state index is 0.194. The molecule has 2 aromatic rings. The predicted molar refractivity (Wildman–Crippen MR) is 81.2 cm³/mol. The van der Waals surface area contributed by atoms with Crippen molar-refractivity contribution >= 4 is 16.5 Å². The molecule has 112 valence electrons. The third-order valence-electron chi connectivity index (χ3n) is 3.81. The van der Waals surface area contributed by atoms with E-state index in [-0.39, 0.29) is 5.82 Å². The van der Waals surface area contributed by atoms with E-state index in [2.05, 4.69) is 15.5 Å². The van der Waals surface area contributed by atoms with E-state index in [9.17, 15) is 4.39 Å². The summed E-state index contributed by atoms with van der Waals surface area (Å²) in [4.78, 5) is 0. The zero-order valence-corrected chi connectivity index (χ0v) is 12.7. The lowest BCUT2D eigenvalue weighted by Crippen LogP contribution is -2.17. The molecule has 0 amide bonds. The molecule has 2 atom stereocenters. The summed E-state index contributed by atoms with van der Waals surface area (Å²) in [6.07, 6.45) is 3.99. The Morgan fingerprint density at radius 3 is 2.95 bits per heavy atom. The molecule has 1 aliphatic carbocycles. The van der Waals surface area contributed by atoms with Crippen molar-refractivity contribution in [2.24, 2.45) is 0 Å². The van der Waals surface area contributed by atoms with Gasteiger partial charge in [-0.2, -0.15) is 0 Å². The van der Waals surface area contributed by atoms with Crippen LogP contribution in [-0.4, -0.2) is 29.5 Å². The number of nitrogens with one attached hydrogen (secondary N) is 1. The van der Waals surface area contributed by atoms with Crippen LogP contribution in [0.2, 0.25) is 0 Å². The molecule has 3 rings (SSSR count). The highest BCUT2D eigenvalue weighted by Crippen LogP contribution is 2.27. The lowest BCUT2D eigenvalue weighted by molar-refractivity contribution is 0.108. The van der Waals surface area contributed by atoms with Crippen LogP contribution in [0.15, 0.2) is 24.3 Å². The van der Waals surface area contributed by atoms with Crippen molar-refractivity contribution in [3.8, 4) is 0 Å². The fourth-order valence-corrected chi connectivity index (χ4v) is 3.49. The molecule has 21 heavy (non-hydrogen) atoms. The monoisotopic (exact) mass is 307 g/mol. The zero-order chi connectivity index (χ0) is 14.7. The van der Waals surface area contributed by atoms with Gasteiger partial charge in [0, 0.05) is 19.6 Å². The third-order valence-corrected chi connectivity index (χ3v) is 4.67. The summed E-state index contributed by atoms with van der Waals surface area (Å²) in [6, 6.07) is 7.17. The minimum atomic E-state index is -0.194. The molecule has 1 aromatic heterocycles. The number of nitrogens with zero attached hydrogens (tertiary/aromatic N) is 2. The first kappa shape index (κ1) is 14.4. The molecule has 1 heterocycles. The minimum Gasteiger partial charge on any atom is -0.381 e. The van der Waals surface area contributed by atoms with Crippen LogP contribution in [0.5, 0.6) is 0 Å². The van der Waals surface area contributed by atoms with Crippen molar-refractivity contribution < 1.29 is 9.13 Å². The Hall–Kier alpha value is -1.53. The predicted octanol–water partition coefficient (Wildman–Crippen LogP) is 3.25. The highest BCUT2D eigenvalue weighted by Gasteiger charge is 2.25. The van der Waals surface area contributed by atoms with Crippen LogP contribution < -0.4 is 5.32 Å².